The van der Waals surface area contributed by atoms with Crippen LogP contribution < -0.4 is 11.1 Å². The van der Waals surface area contributed by atoms with Crippen LogP contribution in [0.2, 0.25) is 0 Å². The van der Waals surface area contributed by atoms with E-state index in [0.717, 1.165) is 0 Å². The molecule has 7 nitrogen and oxygen atoms in total. The summed E-state index contributed by atoms with van der Waals surface area (Å²) in [5.41, 5.74) is 7.01. The molecule has 1 aromatic heterocycles. The van der Waals surface area contributed by atoms with E-state index < -0.39 is 5.97 Å². The normalized spacial score (nSPS) is 10.4. The lowest BCUT2D eigenvalue weighted by molar-refractivity contribution is 0.0697. The number of carboxylic acids is 1. The Balaban J connectivity index is 1.94. The quantitative estimate of drug-likeness (QED) is 0.696. The van der Waals surface area contributed by atoms with Gasteiger partial charge in [-0.3, -0.25) is 0 Å². The molecule has 0 spiro atoms. The molecule has 1 aromatic carbocycles. The molecule has 2 aromatic rings. The number of carboxylic acid groups (broad SMARTS) is 1. The van der Waals surface area contributed by atoms with Crippen LogP contribution in [0.1, 0.15) is 22.1 Å². The fraction of sp³-hybridized carbons (Fsp3) is 0.250. The van der Waals surface area contributed by atoms with Gasteiger partial charge in [0.25, 0.3) is 0 Å². The Morgan fingerprint density at radius 1 is 1.53 bits per heavy atom. The Labute approximate surface area is 109 Å². The molecule has 0 unspecified atom stereocenters. The van der Waals surface area contributed by atoms with Crippen LogP contribution in [-0.2, 0) is 6.42 Å². The third-order valence-corrected chi connectivity index (χ3v) is 2.53. The highest BCUT2D eigenvalue weighted by Gasteiger charge is 2.06. The monoisotopic (exact) mass is 262 g/mol. The van der Waals surface area contributed by atoms with Crippen molar-refractivity contribution in [2.75, 3.05) is 17.6 Å². The smallest absolute Gasteiger partial charge is 0.335 e. The number of rotatable bonds is 5. The summed E-state index contributed by atoms with van der Waals surface area (Å²) >= 11 is 0. The van der Waals surface area contributed by atoms with Gasteiger partial charge in [-0.2, -0.15) is 4.98 Å². The van der Waals surface area contributed by atoms with Gasteiger partial charge in [0.05, 0.1) is 16.9 Å². The predicted octanol–water partition coefficient (Wildman–Crippen LogP) is 1.31. The van der Waals surface area contributed by atoms with Crippen LogP contribution in [0.5, 0.6) is 0 Å². The molecule has 0 fully saturated rings. The van der Waals surface area contributed by atoms with Crippen molar-refractivity contribution < 1.29 is 14.4 Å². The van der Waals surface area contributed by atoms with Gasteiger partial charge in [0.1, 0.15) is 0 Å². The van der Waals surface area contributed by atoms with Crippen molar-refractivity contribution in [1.82, 2.24) is 10.1 Å². The lowest BCUT2D eigenvalue weighted by Crippen LogP contribution is -2.08. The van der Waals surface area contributed by atoms with Crippen LogP contribution >= 0.6 is 0 Å². The van der Waals surface area contributed by atoms with Gasteiger partial charge in [-0.1, -0.05) is 5.16 Å². The number of aromatic carboxylic acids is 1. The molecule has 0 aliphatic heterocycles. The topological polar surface area (TPSA) is 114 Å². The molecule has 0 radical (unpaired) electrons. The van der Waals surface area contributed by atoms with Gasteiger partial charge < -0.3 is 20.7 Å². The molecular weight excluding hydrogens is 248 g/mol. The summed E-state index contributed by atoms with van der Waals surface area (Å²) in [5.74, 6) is 0.145. The lowest BCUT2D eigenvalue weighted by Gasteiger charge is -2.08. The Hall–Kier alpha value is -2.57. The van der Waals surface area contributed by atoms with E-state index in [1.165, 1.54) is 12.1 Å². The second kappa shape index (κ2) is 5.38. The zero-order valence-electron chi connectivity index (χ0n) is 10.4. The summed E-state index contributed by atoms with van der Waals surface area (Å²) in [4.78, 5) is 14.8. The lowest BCUT2D eigenvalue weighted by atomic mass is 10.1. The number of hydrogen-bond acceptors (Lipinski definition) is 6. The fourth-order valence-electron chi connectivity index (χ4n) is 1.61. The fourth-order valence-corrected chi connectivity index (χ4v) is 1.61. The summed E-state index contributed by atoms with van der Waals surface area (Å²) in [5, 5.41) is 15.7. The van der Waals surface area contributed by atoms with Crippen molar-refractivity contribution in [2.45, 2.75) is 13.3 Å². The second-order valence-corrected chi connectivity index (χ2v) is 4.01. The van der Waals surface area contributed by atoms with Gasteiger partial charge in [0, 0.05) is 19.9 Å². The van der Waals surface area contributed by atoms with Crippen molar-refractivity contribution in [3.05, 3.63) is 35.5 Å². The van der Waals surface area contributed by atoms with Gasteiger partial charge in [0.15, 0.2) is 5.82 Å². The molecule has 2 rings (SSSR count). The summed E-state index contributed by atoms with van der Waals surface area (Å²) in [7, 11) is 0. The summed E-state index contributed by atoms with van der Waals surface area (Å²) in [6.07, 6.45) is 0.595. The average molecular weight is 262 g/mol. The number of benzene rings is 1. The Morgan fingerprint density at radius 2 is 2.32 bits per heavy atom. The predicted molar refractivity (Wildman–Crippen MR) is 69.0 cm³/mol. The number of carbonyl (C=O) groups is 1. The van der Waals surface area contributed by atoms with E-state index in [0.29, 0.717) is 36.1 Å². The Morgan fingerprint density at radius 3 is 2.89 bits per heavy atom. The molecule has 7 heteroatoms. The van der Waals surface area contributed by atoms with E-state index in [9.17, 15) is 4.79 Å². The van der Waals surface area contributed by atoms with Crippen molar-refractivity contribution in [2.24, 2.45) is 0 Å². The number of nitrogens with zero attached hydrogens (tertiary/aromatic N) is 2. The molecule has 0 atom stereocenters. The van der Waals surface area contributed by atoms with Crippen molar-refractivity contribution in [1.29, 1.82) is 0 Å². The van der Waals surface area contributed by atoms with Crippen LogP contribution in [0.3, 0.4) is 0 Å². The molecule has 0 aliphatic carbocycles. The molecule has 19 heavy (non-hydrogen) atoms. The number of nitrogen functional groups attached to an aromatic ring is 1. The van der Waals surface area contributed by atoms with E-state index >= 15 is 0 Å². The number of nitrogens with one attached hydrogen (secondary N) is 1. The maximum Gasteiger partial charge on any atom is 0.335 e. The van der Waals surface area contributed by atoms with Crippen molar-refractivity contribution >= 4 is 17.3 Å². The highest BCUT2D eigenvalue weighted by atomic mass is 16.5. The standard InChI is InChI=1S/C12H14N4O3/c1-7-15-11(16-19-7)4-5-14-10-3-2-8(12(17)18)6-9(10)13/h2-3,6,14H,4-5,13H2,1H3,(H,17,18). The van der Waals surface area contributed by atoms with Gasteiger partial charge in [-0.15, -0.1) is 0 Å². The highest BCUT2D eigenvalue weighted by Crippen LogP contribution is 2.19. The molecule has 0 amide bonds. The molecule has 4 N–H and O–H groups in total. The maximum absolute atomic E-state index is 10.8. The second-order valence-electron chi connectivity index (χ2n) is 4.01. The minimum Gasteiger partial charge on any atom is -0.478 e. The van der Waals surface area contributed by atoms with Crippen LogP contribution in [0.15, 0.2) is 22.7 Å². The summed E-state index contributed by atoms with van der Waals surface area (Å²) in [6, 6.07) is 4.56. The number of aryl methyl sites for hydroxylation is 1. The Bertz CT molecular complexity index is 594. The third kappa shape index (κ3) is 3.21. The zero-order valence-corrected chi connectivity index (χ0v) is 10.4. The van der Waals surface area contributed by atoms with Crippen molar-refractivity contribution in [3.63, 3.8) is 0 Å². The van der Waals surface area contributed by atoms with Crippen LogP contribution in [0.25, 0.3) is 0 Å². The molecule has 0 saturated heterocycles. The van der Waals surface area contributed by atoms with E-state index in [1.54, 1.807) is 13.0 Å². The first kappa shape index (κ1) is 12.9. The van der Waals surface area contributed by atoms with Gasteiger partial charge in [-0.05, 0) is 18.2 Å². The van der Waals surface area contributed by atoms with Crippen LogP contribution in [0.4, 0.5) is 11.4 Å². The molecule has 1 heterocycles. The molecule has 100 valence electrons. The Kier molecular flexibility index (Phi) is 3.65. The highest BCUT2D eigenvalue weighted by molar-refractivity contribution is 5.90. The van der Waals surface area contributed by atoms with E-state index in [-0.39, 0.29) is 5.56 Å². The van der Waals surface area contributed by atoms with E-state index in [4.69, 9.17) is 15.4 Å². The average Bonchev–Trinajstić information content (AvgIpc) is 2.77. The SMILES string of the molecule is Cc1nc(CCNc2ccc(C(=O)O)cc2N)no1. The number of nitrogens with two attached hydrogens (primary N) is 1. The van der Waals surface area contributed by atoms with Gasteiger partial charge in [0.2, 0.25) is 5.89 Å². The van der Waals surface area contributed by atoms with Crippen LogP contribution in [-0.4, -0.2) is 27.8 Å². The molecule has 0 saturated carbocycles. The largest absolute Gasteiger partial charge is 0.478 e. The zero-order chi connectivity index (χ0) is 13.8. The molecule has 0 bridgehead atoms. The van der Waals surface area contributed by atoms with Gasteiger partial charge in [-0.25, -0.2) is 4.79 Å². The van der Waals surface area contributed by atoms with E-state index in [1.807, 2.05) is 0 Å². The first-order chi connectivity index (χ1) is 9.06. The van der Waals surface area contributed by atoms with Crippen LogP contribution in [0, 0.1) is 6.92 Å². The first-order valence-electron chi connectivity index (χ1n) is 5.72. The number of anilines is 2. The summed E-state index contributed by atoms with van der Waals surface area (Å²) < 4.78 is 4.85. The minimum absolute atomic E-state index is 0.164. The van der Waals surface area contributed by atoms with Crippen molar-refractivity contribution in [3.8, 4) is 0 Å². The van der Waals surface area contributed by atoms with Gasteiger partial charge >= 0.3 is 5.97 Å². The number of aromatic nitrogens is 2. The summed E-state index contributed by atoms with van der Waals surface area (Å²) in [6.45, 7) is 2.31. The minimum atomic E-state index is -1.000. The first-order valence-corrected chi connectivity index (χ1v) is 5.72. The van der Waals surface area contributed by atoms with E-state index in [2.05, 4.69) is 15.5 Å². The maximum atomic E-state index is 10.8. The molecular formula is C12H14N4O3. The third-order valence-electron chi connectivity index (χ3n) is 2.53. The number of hydrogen-bond donors (Lipinski definition) is 3. The molecule has 0 aliphatic rings.